The van der Waals surface area contributed by atoms with Crippen LogP contribution in [-0.4, -0.2) is 29.2 Å². The van der Waals surface area contributed by atoms with Gasteiger partial charge in [-0.25, -0.2) is 0 Å². The van der Waals surface area contributed by atoms with Gasteiger partial charge in [0.2, 0.25) is 17.7 Å². The lowest BCUT2D eigenvalue weighted by molar-refractivity contribution is -0.129. The van der Waals surface area contributed by atoms with Crippen LogP contribution in [0, 0.1) is 16.7 Å². The maximum Gasteiger partial charge on any atom is 0.243 e. The van der Waals surface area contributed by atoms with E-state index in [1.54, 1.807) is 11.8 Å². The molecule has 2 heterocycles. The average molecular weight is 561 g/mol. The number of nitrogens with zero attached hydrogens (tertiary/aromatic N) is 2. The van der Waals surface area contributed by atoms with Crippen molar-refractivity contribution < 1.29 is 14.4 Å². The van der Waals surface area contributed by atoms with E-state index in [0.717, 1.165) is 20.9 Å². The van der Waals surface area contributed by atoms with E-state index in [9.17, 15) is 19.6 Å². The van der Waals surface area contributed by atoms with E-state index < -0.39 is 5.25 Å². The topological polar surface area (TPSA) is 102 Å². The molecule has 0 saturated heterocycles. The summed E-state index contributed by atoms with van der Waals surface area (Å²) < 4.78 is 0. The van der Waals surface area contributed by atoms with E-state index >= 15 is 0 Å². The molecule has 1 aromatic heterocycles. The number of nitriles is 1. The Morgan fingerprint density at radius 1 is 1.10 bits per heavy atom. The number of carbonyl (C=O) groups is 3. The molecule has 1 unspecified atom stereocenters. The van der Waals surface area contributed by atoms with E-state index in [0.29, 0.717) is 42.2 Å². The van der Waals surface area contributed by atoms with Gasteiger partial charge in [-0.1, -0.05) is 57.2 Å². The van der Waals surface area contributed by atoms with Crippen LogP contribution in [0.25, 0.3) is 0 Å². The van der Waals surface area contributed by atoms with Crippen molar-refractivity contribution in [3.8, 4) is 6.07 Å². The lowest BCUT2D eigenvalue weighted by Gasteiger charge is -2.25. The Kier molecular flexibility index (Phi) is 8.78. The van der Waals surface area contributed by atoms with Gasteiger partial charge in [-0.15, -0.1) is 23.1 Å². The maximum atomic E-state index is 13.7. The van der Waals surface area contributed by atoms with E-state index in [4.69, 9.17) is 0 Å². The molecule has 202 valence electrons. The van der Waals surface area contributed by atoms with Gasteiger partial charge >= 0.3 is 0 Å². The number of fused-ring (bicyclic) bond motifs is 1. The van der Waals surface area contributed by atoms with Gasteiger partial charge < -0.3 is 15.5 Å². The molecule has 3 amide bonds. The van der Waals surface area contributed by atoms with Crippen LogP contribution in [0.4, 0.5) is 10.7 Å². The Labute approximate surface area is 237 Å². The number of thiophene rings is 1. The van der Waals surface area contributed by atoms with Crippen LogP contribution in [0.3, 0.4) is 0 Å². The summed E-state index contributed by atoms with van der Waals surface area (Å²) >= 11 is 2.75. The van der Waals surface area contributed by atoms with Crippen LogP contribution in [0.1, 0.15) is 60.9 Å². The molecule has 2 N–H and O–H groups in total. The number of anilines is 2. The lowest BCUT2D eigenvalue weighted by atomic mass is 9.92. The normalized spacial score (nSPS) is 13.7. The van der Waals surface area contributed by atoms with Gasteiger partial charge in [0.1, 0.15) is 16.3 Å². The number of benzene rings is 2. The Bertz CT molecular complexity index is 1420. The summed E-state index contributed by atoms with van der Waals surface area (Å²) in [6, 6.07) is 19.2. The van der Waals surface area contributed by atoms with Gasteiger partial charge in [0.15, 0.2) is 0 Å². The third kappa shape index (κ3) is 7.28. The Hall–Kier alpha value is -3.61. The number of hydrogen-bond acceptors (Lipinski definition) is 6. The fourth-order valence-electron chi connectivity index (χ4n) is 4.43. The molecule has 0 bridgehead atoms. The highest BCUT2D eigenvalue weighted by Crippen LogP contribution is 2.40. The molecule has 1 aliphatic rings. The summed E-state index contributed by atoms with van der Waals surface area (Å²) in [7, 11) is 0. The largest absolute Gasteiger partial charge is 0.337 e. The maximum absolute atomic E-state index is 13.7. The monoisotopic (exact) mass is 560 g/mol. The fraction of sp³-hybridized carbons (Fsp3) is 0.333. The first-order valence-corrected chi connectivity index (χ1v) is 14.5. The number of nitrogens with one attached hydrogen (secondary N) is 2. The number of carbonyl (C=O) groups excluding carboxylic acids is 3. The average Bonchev–Trinajstić information content (AvgIpc) is 3.22. The number of thioether (sulfide) groups is 1. The number of hydrogen-bond donors (Lipinski definition) is 2. The highest BCUT2D eigenvalue weighted by atomic mass is 32.2. The van der Waals surface area contributed by atoms with Gasteiger partial charge in [0.05, 0.1) is 12.1 Å². The van der Waals surface area contributed by atoms with Gasteiger partial charge in [0.25, 0.3) is 0 Å². The minimum absolute atomic E-state index is 0.00416. The minimum Gasteiger partial charge on any atom is -0.337 e. The van der Waals surface area contributed by atoms with Crippen molar-refractivity contribution in [2.75, 3.05) is 17.2 Å². The molecule has 1 atom stereocenters. The van der Waals surface area contributed by atoms with Crippen molar-refractivity contribution in [3.05, 3.63) is 76.2 Å². The van der Waals surface area contributed by atoms with Crippen LogP contribution >= 0.6 is 23.1 Å². The van der Waals surface area contributed by atoms with Crippen molar-refractivity contribution in [2.24, 2.45) is 5.41 Å². The quantitative estimate of drug-likeness (QED) is 0.327. The van der Waals surface area contributed by atoms with Gasteiger partial charge in [-0.05, 0) is 41.2 Å². The summed E-state index contributed by atoms with van der Waals surface area (Å²) in [5.41, 5.74) is 2.77. The van der Waals surface area contributed by atoms with Crippen LogP contribution in [0.5, 0.6) is 0 Å². The predicted octanol–water partition coefficient (Wildman–Crippen LogP) is 6.37. The first kappa shape index (κ1) is 28.4. The van der Waals surface area contributed by atoms with Crippen LogP contribution in [-0.2, 0) is 27.3 Å². The SMILES string of the molecule is CC(=O)N1CCc2c(sc(NC(=O)C(Sc3cccc(NC(=O)CC(C)(C)C)c3)c3ccccc3)c2C#N)C1. The first-order valence-electron chi connectivity index (χ1n) is 12.8. The molecule has 7 nitrogen and oxygen atoms in total. The third-order valence-electron chi connectivity index (χ3n) is 6.25. The van der Waals surface area contributed by atoms with E-state index in [2.05, 4.69) is 16.7 Å². The smallest absolute Gasteiger partial charge is 0.243 e. The van der Waals surface area contributed by atoms with Crippen LogP contribution in [0.2, 0.25) is 0 Å². The molecule has 3 aromatic rings. The lowest BCUT2D eigenvalue weighted by Crippen LogP contribution is -2.33. The number of amides is 3. The van der Waals surface area contributed by atoms with E-state index in [1.165, 1.54) is 23.1 Å². The zero-order valence-electron chi connectivity index (χ0n) is 22.5. The molecule has 0 fully saturated rings. The molecule has 0 aliphatic carbocycles. The second-order valence-electron chi connectivity index (χ2n) is 10.7. The molecule has 1 aliphatic heterocycles. The van der Waals surface area contributed by atoms with E-state index in [1.807, 2.05) is 75.4 Å². The summed E-state index contributed by atoms with van der Waals surface area (Å²) in [4.78, 5) is 41.6. The van der Waals surface area contributed by atoms with Crippen molar-refractivity contribution in [2.45, 2.75) is 57.2 Å². The highest BCUT2D eigenvalue weighted by Gasteiger charge is 2.29. The molecule has 0 radical (unpaired) electrons. The summed E-state index contributed by atoms with van der Waals surface area (Å²) in [5.74, 6) is -0.307. The second kappa shape index (κ2) is 12.1. The predicted molar refractivity (Wildman–Crippen MR) is 157 cm³/mol. The molecule has 2 aromatic carbocycles. The molecule has 0 spiro atoms. The number of rotatable bonds is 7. The minimum atomic E-state index is -0.592. The van der Waals surface area contributed by atoms with Crippen molar-refractivity contribution >= 4 is 51.5 Å². The van der Waals surface area contributed by atoms with Gasteiger partial charge in [0, 0.05) is 35.3 Å². The third-order valence-corrected chi connectivity index (χ3v) is 8.63. The first-order chi connectivity index (χ1) is 18.5. The van der Waals surface area contributed by atoms with Crippen molar-refractivity contribution in [1.29, 1.82) is 5.26 Å². The fourth-order valence-corrected chi connectivity index (χ4v) is 6.73. The summed E-state index contributed by atoms with van der Waals surface area (Å²) in [5, 5.41) is 15.8. The van der Waals surface area contributed by atoms with Crippen molar-refractivity contribution in [3.63, 3.8) is 0 Å². The second-order valence-corrected chi connectivity index (χ2v) is 13.0. The van der Waals surface area contributed by atoms with Crippen molar-refractivity contribution in [1.82, 2.24) is 4.90 Å². The summed E-state index contributed by atoms with van der Waals surface area (Å²) in [6.45, 7) is 8.60. The van der Waals surface area contributed by atoms with Crippen LogP contribution in [0.15, 0.2) is 59.5 Å². The highest BCUT2D eigenvalue weighted by molar-refractivity contribution is 8.00. The molecular formula is C30H32N4O3S2. The Morgan fingerprint density at radius 2 is 1.85 bits per heavy atom. The standard InChI is InChI=1S/C30H32N4O3S2/c1-19(35)34-14-13-23-24(17-31)29(39-25(23)18-34)33-28(37)27(20-9-6-5-7-10-20)38-22-12-8-11-21(15-22)32-26(36)16-30(2,3)4/h5-12,15,27H,13-14,16,18H2,1-4H3,(H,32,36)(H,33,37). The molecule has 9 heteroatoms. The molecular weight excluding hydrogens is 528 g/mol. The zero-order chi connectivity index (χ0) is 28.2. The van der Waals surface area contributed by atoms with Crippen LogP contribution < -0.4 is 10.6 Å². The molecule has 0 saturated carbocycles. The van der Waals surface area contributed by atoms with Gasteiger partial charge in [-0.2, -0.15) is 5.26 Å². The Morgan fingerprint density at radius 3 is 2.51 bits per heavy atom. The molecule has 4 rings (SSSR count). The molecule has 39 heavy (non-hydrogen) atoms. The van der Waals surface area contributed by atoms with E-state index in [-0.39, 0.29) is 23.1 Å². The Balaban J connectivity index is 1.57. The zero-order valence-corrected chi connectivity index (χ0v) is 24.2. The summed E-state index contributed by atoms with van der Waals surface area (Å²) in [6.07, 6.45) is 0.990. The van der Waals surface area contributed by atoms with Gasteiger partial charge in [-0.3, -0.25) is 14.4 Å².